The molecule has 0 radical (unpaired) electrons. The summed E-state index contributed by atoms with van der Waals surface area (Å²) in [5.41, 5.74) is 2.22. The van der Waals surface area contributed by atoms with E-state index in [9.17, 15) is 13.2 Å². The molecule has 1 aromatic heterocycles. The third-order valence-corrected chi connectivity index (χ3v) is 4.04. The number of nitrogens with one attached hydrogen (secondary N) is 1. The van der Waals surface area contributed by atoms with E-state index in [0.29, 0.717) is 18.2 Å². The van der Waals surface area contributed by atoms with Crippen LogP contribution in [0.5, 0.6) is 0 Å². The summed E-state index contributed by atoms with van der Waals surface area (Å²) in [4.78, 5) is 11.9. The maximum absolute atomic E-state index is 11.9. The van der Waals surface area contributed by atoms with Gasteiger partial charge in [0, 0.05) is 24.5 Å². The molecule has 0 aliphatic rings. The molecule has 0 saturated carbocycles. The Labute approximate surface area is 137 Å². The van der Waals surface area contributed by atoms with Crippen molar-refractivity contribution in [2.75, 3.05) is 11.0 Å². The van der Waals surface area contributed by atoms with E-state index in [1.165, 1.54) is 0 Å². The van der Waals surface area contributed by atoms with E-state index < -0.39 is 10.0 Å². The number of aryl methyl sites for hydroxylation is 1. The monoisotopic (exact) mass is 334 g/mol. The van der Waals surface area contributed by atoms with Gasteiger partial charge in [0.05, 0.1) is 6.26 Å². The molecule has 1 aromatic carbocycles. The van der Waals surface area contributed by atoms with Crippen LogP contribution in [0.4, 0.5) is 5.69 Å². The molecule has 124 valence electrons. The molecule has 0 amide bonds. The fourth-order valence-corrected chi connectivity index (χ4v) is 2.81. The molecule has 0 saturated heterocycles. The normalized spacial score (nSPS) is 11.7. The Morgan fingerprint density at radius 3 is 2.52 bits per heavy atom. The zero-order valence-electron chi connectivity index (χ0n) is 13.6. The molecule has 5 nitrogen and oxygen atoms in total. The molecule has 0 atom stereocenters. The Bertz CT molecular complexity index is 839. The van der Waals surface area contributed by atoms with Crippen LogP contribution >= 0.6 is 0 Å². The van der Waals surface area contributed by atoms with Gasteiger partial charge in [-0.1, -0.05) is 26.0 Å². The number of anilines is 1. The molecule has 23 heavy (non-hydrogen) atoms. The lowest BCUT2D eigenvalue weighted by Gasteiger charge is -2.11. The minimum absolute atomic E-state index is 0.0279. The molecule has 1 N–H and O–H groups in total. The molecule has 0 bridgehead atoms. The largest absolute Gasteiger partial charge is 0.315 e. The van der Waals surface area contributed by atoms with Gasteiger partial charge in [0.25, 0.3) is 5.56 Å². The third-order valence-electron chi connectivity index (χ3n) is 3.43. The zero-order valence-corrected chi connectivity index (χ0v) is 14.4. The number of hydrogen-bond donors (Lipinski definition) is 1. The first-order valence-corrected chi connectivity index (χ1v) is 9.42. The van der Waals surface area contributed by atoms with Gasteiger partial charge in [0.2, 0.25) is 10.0 Å². The predicted molar refractivity (Wildman–Crippen MR) is 94.1 cm³/mol. The molecular formula is C17H22N2O3S. The van der Waals surface area contributed by atoms with Crippen molar-refractivity contribution in [2.24, 2.45) is 5.92 Å². The highest BCUT2D eigenvalue weighted by atomic mass is 32.2. The van der Waals surface area contributed by atoms with Gasteiger partial charge in [-0.05, 0) is 41.7 Å². The number of benzene rings is 1. The Kier molecular flexibility index (Phi) is 5.26. The first kappa shape index (κ1) is 17.3. The van der Waals surface area contributed by atoms with Crippen molar-refractivity contribution in [1.29, 1.82) is 0 Å². The second kappa shape index (κ2) is 7.00. The molecule has 0 unspecified atom stereocenters. The average molecular weight is 334 g/mol. The molecule has 2 rings (SSSR count). The summed E-state index contributed by atoms with van der Waals surface area (Å²) in [6.07, 6.45) is 3.87. The van der Waals surface area contributed by atoms with Crippen molar-refractivity contribution in [1.82, 2.24) is 4.57 Å². The Balaban J connectivity index is 2.33. The lowest BCUT2D eigenvalue weighted by molar-refractivity contribution is 0.508. The number of sulfonamides is 1. The van der Waals surface area contributed by atoms with Crippen LogP contribution in [0.15, 0.2) is 47.4 Å². The zero-order chi connectivity index (χ0) is 17.0. The number of pyridine rings is 1. The van der Waals surface area contributed by atoms with Crippen molar-refractivity contribution in [3.05, 3.63) is 52.9 Å². The van der Waals surface area contributed by atoms with Crippen molar-refractivity contribution in [3.8, 4) is 11.1 Å². The summed E-state index contributed by atoms with van der Waals surface area (Å²) in [6, 6.07) is 10.4. The topological polar surface area (TPSA) is 68.2 Å². The Morgan fingerprint density at radius 2 is 1.87 bits per heavy atom. The lowest BCUT2D eigenvalue weighted by atomic mass is 10.1. The standard InChI is InChI=1S/C17H22N2O3S/c1-13(2)9-10-19-12-15(7-8-17(19)20)14-5-4-6-16(11-14)18-23(3,21)22/h4-8,11-13,18H,9-10H2,1-3H3. The average Bonchev–Trinajstić information content (AvgIpc) is 2.44. The molecule has 6 heteroatoms. The van der Waals surface area contributed by atoms with Gasteiger partial charge in [0.1, 0.15) is 0 Å². The van der Waals surface area contributed by atoms with Crippen molar-refractivity contribution in [3.63, 3.8) is 0 Å². The smallest absolute Gasteiger partial charge is 0.250 e. The summed E-state index contributed by atoms with van der Waals surface area (Å²) >= 11 is 0. The van der Waals surface area contributed by atoms with E-state index in [1.807, 2.05) is 12.3 Å². The van der Waals surface area contributed by atoms with Crippen molar-refractivity contribution < 1.29 is 8.42 Å². The number of hydrogen-bond acceptors (Lipinski definition) is 3. The summed E-state index contributed by atoms with van der Waals surface area (Å²) in [5, 5.41) is 0. The van der Waals surface area contributed by atoms with Gasteiger partial charge in [-0.2, -0.15) is 0 Å². The fraction of sp³-hybridized carbons (Fsp3) is 0.353. The molecule has 0 aliphatic carbocycles. The van der Waals surface area contributed by atoms with E-state index in [2.05, 4.69) is 18.6 Å². The molecule has 1 heterocycles. The Morgan fingerprint density at radius 1 is 1.13 bits per heavy atom. The molecule has 2 aromatic rings. The first-order chi connectivity index (χ1) is 10.7. The van der Waals surface area contributed by atoms with Gasteiger partial charge in [-0.25, -0.2) is 8.42 Å². The number of rotatable bonds is 6. The van der Waals surface area contributed by atoms with E-state index in [1.54, 1.807) is 34.9 Å². The van der Waals surface area contributed by atoms with Gasteiger partial charge in [0.15, 0.2) is 0 Å². The molecule has 0 aliphatic heterocycles. The fourth-order valence-electron chi connectivity index (χ4n) is 2.25. The van der Waals surface area contributed by atoms with E-state index in [-0.39, 0.29) is 5.56 Å². The van der Waals surface area contributed by atoms with Crippen LogP contribution in [-0.4, -0.2) is 19.2 Å². The summed E-state index contributed by atoms with van der Waals surface area (Å²) in [7, 11) is -3.31. The molecular weight excluding hydrogens is 312 g/mol. The van der Waals surface area contributed by atoms with Crippen LogP contribution in [0, 0.1) is 5.92 Å². The van der Waals surface area contributed by atoms with Crippen LogP contribution in [-0.2, 0) is 16.6 Å². The summed E-state index contributed by atoms with van der Waals surface area (Å²) < 4.78 is 26.8. The summed E-state index contributed by atoms with van der Waals surface area (Å²) in [6.45, 7) is 4.91. The van der Waals surface area contributed by atoms with Crippen LogP contribution in [0.1, 0.15) is 20.3 Å². The maximum Gasteiger partial charge on any atom is 0.250 e. The van der Waals surface area contributed by atoms with Crippen LogP contribution < -0.4 is 10.3 Å². The van der Waals surface area contributed by atoms with Gasteiger partial charge >= 0.3 is 0 Å². The minimum atomic E-state index is -3.31. The molecule has 0 spiro atoms. The van der Waals surface area contributed by atoms with E-state index in [0.717, 1.165) is 23.8 Å². The highest BCUT2D eigenvalue weighted by molar-refractivity contribution is 7.92. The second-order valence-corrected chi connectivity index (χ2v) is 7.84. The third kappa shape index (κ3) is 5.25. The Hall–Kier alpha value is -2.08. The minimum Gasteiger partial charge on any atom is -0.315 e. The van der Waals surface area contributed by atoms with E-state index in [4.69, 9.17) is 0 Å². The first-order valence-electron chi connectivity index (χ1n) is 7.53. The second-order valence-electron chi connectivity index (χ2n) is 6.09. The molecule has 0 fully saturated rings. The number of nitrogens with zero attached hydrogens (tertiary/aromatic N) is 1. The lowest BCUT2D eigenvalue weighted by Crippen LogP contribution is -2.19. The maximum atomic E-state index is 11.9. The highest BCUT2D eigenvalue weighted by Gasteiger charge is 2.06. The van der Waals surface area contributed by atoms with Crippen LogP contribution in [0.2, 0.25) is 0 Å². The van der Waals surface area contributed by atoms with Gasteiger partial charge < -0.3 is 4.57 Å². The van der Waals surface area contributed by atoms with Crippen molar-refractivity contribution in [2.45, 2.75) is 26.8 Å². The van der Waals surface area contributed by atoms with Gasteiger partial charge in [-0.15, -0.1) is 0 Å². The summed E-state index contributed by atoms with van der Waals surface area (Å²) in [5.74, 6) is 0.521. The quantitative estimate of drug-likeness (QED) is 0.883. The van der Waals surface area contributed by atoms with Crippen LogP contribution in [0.3, 0.4) is 0 Å². The number of aromatic nitrogens is 1. The van der Waals surface area contributed by atoms with Crippen LogP contribution in [0.25, 0.3) is 11.1 Å². The predicted octanol–water partition coefficient (Wildman–Crippen LogP) is 2.93. The van der Waals surface area contributed by atoms with Gasteiger partial charge in [-0.3, -0.25) is 9.52 Å². The van der Waals surface area contributed by atoms with Crippen molar-refractivity contribution >= 4 is 15.7 Å². The SMILES string of the molecule is CC(C)CCn1cc(-c2cccc(NS(C)(=O)=O)c2)ccc1=O. The van der Waals surface area contributed by atoms with E-state index >= 15 is 0 Å². The highest BCUT2D eigenvalue weighted by Crippen LogP contribution is 2.22.